The van der Waals surface area contributed by atoms with E-state index in [1.54, 1.807) is 6.07 Å². The Morgan fingerprint density at radius 2 is 1.91 bits per heavy atom. The molecule has 0 bridgehead atoms. The summed E-state index contributed by atoms with van der Waals surface area (Å²) in [5.41, 5.74) is 4.01. The van der Waals surface area contributed by atoms with E-state index >= 15 is 0 Å². The highest BCUT2D eigenvalue weighted by Crippen LogP contribution is 2.41. The number of hydrogen-bond donors (Lipinski definition) is 2. The van der Waals surface area contributed by atoms with E-state index in [2.05, 4.69) is 15.1 Å². The van der Waals surface area contributed by atoms with Crippen LogP contribution >= 0.6 is 0 Å². The Bertz CT molecular complexity index is 1080. The maximum atomic E-state index is 13.8. The van der Waals surface area contributed by atoms with Crippen molar-refractivity contribution in [3.05, 3.63) is 58.7 Å². The average Bonchev–Trinajstić information content (AvgIpc) is 3.36. The monoisotopic (exact) mass is 454 g/mol. The summed E-state index contributed by atoms with van der Waals surface area (Å²) in [6.07, 6.45) is 0. The smallest absolute Gasteiger partial charge is 0.260 e. The minimum Gasteiger partial charge on any atom is -0.486 e. The molecule has 0 aliphatic carbocycles. The number of nitrogens with zero attached hydrogens (tertiary/aromatic N) is 3. The maximum absolute atomic E-state index is 13.8. The fraction of sp³-hybridized carbons (Fsp3) is 0.417. The summed E-state index contributed by atoms with van der Waals surface area (Å²) in [6.45, 7) is 6.85. The molecule has 1 fully saturated rings. The van der Waals surface area contributed by atoms with E-state index in [1.807, 2.05) is 12.1 Å². The highest BCUT2D eigenvalue weighted by Gasteiger charge is 2.33. The van der Waals surface area contributed by atoms with Crippen molar-refractivity contribution in [1.29, 1.82) is 0 Å². The summed E-state index contributed by atoms with van der Waals surface area (Å²) in [6, 6.07) is 8.18. The van der Waals surface area contributed by atoms with Crippen LogP contribution in [0.25, 0.3) is 11.3 Å². The van der Waals surface area contributed by atoms with Gasteiger partial charge in [0.05, 0.1) is 36.8 Å². The molecule has 0 radical (unpaired) electrons. The first-order valence-corrected chi connectivity index (χ1v) is 11.2. The molecular formula is C24H27FN4O4. The van der Waals surface area contributed by atoms with Gasteiger partial charge in [-0.3, -0.25) is 19.6 Å². The molecule has 1 aromatic carbocycles. The number of carbonyl (C=O) groups is 1. The Balaban J connectivity index is 1.25. The zero-order valence-electron chi connectivity index (χ0n) is 18.3. The molecule has 0 unspecified atom stereocenters. The molecule has 0 spiro atoms. The lowest BCUT2D eigenvalue weighted by Gasteiger charge is -2.34. The Morgan fingerprint density at radius 1 is 1.09 bits per heavy atom. The van der Waals surface area contributed by atoms with Crippen LogP contribution < -0.4 is 5.32 Å². The van der Waals surface area contributed by atoms with Gasteiger partial charge in [-0.25, -0.2) is 4.39 Å². The summed E-state index contributed by atoms with van der Waals surface area (Å²) < 4.78 is 25.0. The molecule has 0 saturated carbocycles. The molecule has 33 heavy (non-hydrogen) atoms. The van der Waals surface area contributed by atoms with Gasteiger partial charge in [-0.2, -0.15) is 0 Å². The predicted octanol–water partition coefficient (Wildman–Crippen LogP) is 1.70. The zero-order chi connectivity index (χ0) is 22.8. The topological polar surface area (TPSA) is 87.2 Å². The molecule has 8 nitrogen and oxygen atoms in total. The van der Waals surface area contributed by atoms with E-state index < -0.39 is 5.82 Å². The maximum Gasteiger partial charge on any atom is 0.260 e. The highest BCUT2D eigenvalue weighted by molar-refractivity contribution is 6.36. The molecular weight excluding hydrogens is 427 g/mol. The summed E-state index contributed by atoms with van der Waals surface area (Å²) >= 11 is 0. The molecule has 9 heteroatoms. The minimum absolute atomic E-state index is 0.0598. The number of anilines is 1. The van der Waals surface area contributed by atoms with Gasteiger partial charge in [-0.05, 0) is 30.3 Å². The minimum atomic E-state index is -0.396. The van der Waals surface area contributed by atoms with Crippen molar-refractivity contribution in [2.45, 2.75) is 13.2 Å². The Hall–Kier alpha value is -2.85. The number of halogens is 1. The predicted molar refractivity (Wildman–Crippen MR) is 120 cm³/mol. The van der Waals surface area contributed by atoms with Crippen LogP contribution in [-0.4, -0.2) is 78.3 Å². The van der Waals surface area contributed by atoms with E-state index in [9.17, 15) is 9.18 Å². The summed E-state index contributed by atoms with van der Waals surface area (Å²) in [5.74, 6) is -0.224. The molecule has 5 rings (SSSR count). The molecule has 2 aromatic rings. The lowest BCUT2D eigenvalue weighted by molar-refractivity contribution is -0.110. The number of aromatic nitrogens is 1. The first kappa shape index (κ1) is 22.0. The number of carbonyl (C=O) groups excluding carboxylic acids is 1. The van der Waals surface area contributed by atoms with Crippen LogP contribution in [0.2, 0.25) is 0 Å². The highest BCUT2D eigenvalue weighted by atomic mass is 19.1. The third-order valence-electron chi connectivity index (χ3n) is 6.22. The number of pyridine rings is 1. The Kier molecular flexibility index (Phi) is 6.37. The lowest BCUT2D eigenvalue weighted by atomic mass is 10.0. The Labute approximate surface area is 191 Å². The fourth-order valence-corrected chi connectivity index (χ4v) is 4.50. The van der Waals surface area contributed by atoms with Crippen molar-refractivity contribution < 1.29 is 23.8 Å². The number of nitrogens with one attached hydrogen (secondary N) is 1. The third-order valence-corrected chi connectivity index (χ3v) is 6.22. The van der Waals surface area contributed by atoms with Crippen LogP contribution in [0.15, 0.2) is 30.3 Å². The van der Waals surface area contributed by atoms with E-state index in [0.717, 1.165) is 56.2 Å². The molecule has 0 atom stereocenters. The third kappa shape index (κ3) is 4.63. The average molecular weight is 455 g/mol. The van der Waals surface area contributed by atoms with Gasteiger partial charge in [0, 0.05) is 56.1 Å². The summed E-state index contributed by atoms with van der Waals surface area (Å²) in [4.78, 5) is 22.1. The first-order chi connectivity index (χ1) is 16.1. The standard InChI is InChI=1S/C24H27FN4O4/c25-16-1-4-20-19(13-16)22(24(31)27-20)23-18-3-2-17(26-21(18)15-33-23)14-29-7-5-28(6-8-29)9-11-32-12-10-30/h1-4,13,30H,5-12,14-15H2,(H,27,31)/b23-22-. The van der Waals surface area contributed by atoms with Gasteiger partial charge in [0.2, 0.25) is 0 Å². The number of rotatable bonds is 7. The number of ether oxygens (including phenoxy) is 2. The number of aliphatic hydroxyl groups excluding tert-OH is 1. The second kappa shape index (κ2) is 9.56. The number of piperazine rings is 1. The molecule has 1 amide bonds. The van der Waals surface area contributed by atoms with E-state index in [-0.39, 0.29) is 12.5 Å². The number of aliphatic hydroxyl groups is 1. The molecule has 4 heterocycles. The van der Waals surface area contributed by atoms with E-state index in [4.69, 9.17) is 19.6 Å². The van der Waals surface area contributed by atoms with Gasteiger partial charge >= 0.3 is 0 Å². The SMILES string of the molecule is O=C1Nc2ccc(F)cc2/C1=C1/OCc2nc(CN3CCN(CCOCCO)CC3)ccc21. The second-order valence-electron chi connectivity index (χ2n) is 8.39. The van der Waals surface area contributed by atoms with Gasteiger partial charge in [-0.1, -0.05) is 0 Å². The van der Waals surface area contributed by atoms with Crippen LogP contribution in [-0.2, 0) is 27.4 Å². The van der Waals surface area contributed by atoms with E-state index in [0.29, 0.717) is 42.4 Å². The van der Waals surface area contributed by atoms with Gasteiger partial charge in [0.1, 0.15) is 18.2 Å². The van der Waals surface area contributed by atoms with Crippen LogP contribution in [0, 0.1) is 5.82 Å². The van der Waals surface area contributed by atoms with Gasteiger partial charge in [0.25, 0.3) is 5.91 Å². The van der Waals surface area contributed by atoms with Crippen molar-refractivity contribution in [2.24, 2.45) is 0 Å². The van der Waals surface area contributed by atoms with Crippen LogP contribution in [0.3, 0.4) is 0 Å². The van der Waals surface area contributed by atoms with Crippen molar-refractivity contribution in [3.63, 3.8) is 0 Å². The van der Waals surface area contributed by atoms with Crippen LogP contribution in [0.1, 0.15) is 22.5 Å². The van der Waals surface area contributed by atoms with Gasteiger partial charge in [0.15, 0.2) is 0 Å². The quantitative estimate of drug-likeness (QED) is 0.486. The van der Waals surface area contributed by atoms with Crippen molar-refractivity contribution >= 4 is 22.9 Å². The first-order valence-electron chi connectivity index (χ1n) is 11.2. The second-order valence-corrected chi connectivity index (χ2v) is 8.39. The van der Waals surface area contributed by atoms with Crippen molar-refractivity contribution in [3.8, 4) is 0 Å². The molecule has 3 aliphatic heterocycles. The number of fused-ring (bicyclic) bond motifs is 2. The number of benzene rings is 1. The summed E-state index contributed by atoms with van der Waals surface area (Å²) in [5, 5.41) is 11.6. The fourth-order valence-electron chi connectivity index (χ4n) is 4.50. The van der Waals surface area contributed by atoms with Crippen LogP contribution in [0.4, 0.5) is 10.1 Å². The normalized spacial score (nSPS) is 20.5. The molecule has 3 aliphatic rings. The van der Waals surface area contributed by atoms with Crippen LogP contribution in [0.5, 0.6) is 0 Å². The molecule has 1 aromatic heterocycles. The lowest BCUT2D eigenvalue weighted by Crippen LogP contribution is -2.46. The summed E-state index contributed by atoms with van der Waals surface area (Å²) in [7, 11) is 0. The molecule has 1 saturated heterocycles. The van der Waals surface area contributed by atoms with Crippen molar-refractivity contribution in [2.75, 3.05) is 57.9 Å². The molecule has 2 N–H and O–H groups in total. The van der Waals surface area contributed by atoms with Gasteiger partial charge < -0.3 is 19.9 Å². The largest absolute Gasteiger partial charge is 0.486 e. The van der Waals surface area contributed by atoms with Crippen molar-refractivity contribution in [1.82, 2.24) is 14.8 Å². The Morgan fingerprint density at radius 3 is 2.73 bits per heavy atom. The zero-order valence-corrected chi connectivity index (χ0v) is 18.3. The van der Waals surface area contributed by atoms with E-state index in [1.165, 1.54) is 12.1 Å². The number of amides is 1. The molecule has 174 valence electrons. The van der Waals surface area contributed by atoms with Gasteiger partial charge in [-0.15, -0.1) is 0 Å². The number of hydrogen-bond acceptors (Lipinski definition) is 7.